The molecule has 0 unspecified atom stereocenters. The third kappa shape index (κ3) is 5.67. The van der Waals surface area contributed by atoms with Gasteiger partial charge in [0.1, 0.15) is 6.61 Å². The third-order valence-electron chi connectivity index (χ3n) is 3.32. The molecule has 1 aromatic heterocycles. The molecule has 0 aliphatic heterocycles. The summed E-state index contributed by atoms with van der Waals surface area (Å²) in [6.07, 6.45) is -2.61. The maximum atomic E-state index is 13.5. The molecule has 0 bridgehead atoms. The highest BCUT2D eigenvalue weighted by molar-refractivity contribution is 6.31. The summed E-state index contributed by atoms with van der Waals surface area (Å²) in [7, 11) is 0. The maximum absolute atomic E-state index is 13.5. The molecule has 0 saturated carbocycles. The Balaban J connectivity index is 2.10. The van der Waals surface area contributed by atoms with Gasteiger partial charge in [-0.1, -0.05) is 11.6 Å². The Morgan fingerprint density at radius 2 is 1.93 bits per heavy atom. The highest BCUT2D eigenvalue weighted by Gasteiger charge is 2.33. The number of rotatable bonds is 6. The first-order chi connectivity index (χ1) is 12.9. The van der Waals surface area contributed by atoms with Crippen molar-refractivity contribution < 1.29 is 26.7 Å². The summed E-state index contributed by atoms with van der Waals surface area (Å²) in [4.78, 5) is 6.77. The standard InChI is InChI=1S/C16H15ClF5N5O/c1-15(18,19)11-6-10(2-3-12(11)17)27(24)7-9(23)8-28-14-25-5-4-13(26-14)16(20,21)22/h2-7H,8,23-24H2,1H3/b9-7-. The molecule has 2 rings (SSSR count). The number of alkyl halides is 5. The molecule has 0 amide bonds. The summed E-state index contributed by atoms with van der Waals surface area (Å²) in [6.45, 7) is 0.297. The second-order valence-electron chi connectivity index (χ2n) is 5.67. The zero-order valence-corrected chi connectivity index (χ0v) is 15.1. The quantitative estimate of drug-likeness (QED) is 0.417. The van der Waals surface area contributed by atoms with Crippen molar-refractivity contribution in [3.63, 3.8) is 0 Å². The summed E-state index contributed by atoms with van der Waals surface area (Å²) in [5.41, 5.74) is 4.23. The molecule has 1 heterocycles. The van der Waals surface area contributed by atoms with Crippen LogP contribution in [-0.4, -0.2) is 16.6 Å². The Labute approximate surface area is 161 Å². The molecule has 28 heavy (non-hydrogen) atoms. The molecule has 0 atom stereocenters. The molecule has 1 aromatic carbocycles. The van der Waals surface area contributed by atoms with Gasteiger partial charge in [0.2, 0.25) is 0 Å². The molecule has 6 nitrogen and oxygen atoms in total. The van der Waals surface area contributed by atoms with Crippen LogP contribution >= 0.6 is 11.6 Å². The lowest BCUT2D eigenvalue weighted by molar-refractivity contribution is -0.141. The Morgan fingerprint density at radius 1 is 1.25 bits per heavy atom. The molecule has 0 aliphatic carbocycles. The van der Waals surface area contributed by atoms with Crippen molar-refractivity contribution in [1.29, 1.82) is 0 Å². The van der Waals surface area contributed by atoms with Crippen molar-refractivity contribution >= 4 is 17.3 Å². The van der Waals surface area contributed by atoms with Gasteiger partial charge in [-0.2, -0.15) is 18.2 Å². The average molecular weight is 424 g/mol. The summed E-state index contributed by atoms with van der Waals surface area (Å²) in [6, 6.07) is 3.88. The average Bonchev–Trinajstić information content (AvgIpc) is 2.58. The van der Waals surface area contributed by atoms with Crippen LogP contribution in [0.1, 0.15) is 18.2 Å². The van der Waals surface area contributed by atoms with Crippen LogP contribution in [0.3, 0.4) is 0 Å². The van der Waals surface area contributed by atoms with E-state index in [4.69, 9.17) is 27.9 Å². The highest BCUT2D eigenvalue weighted by Crippen LogP contribution is 2.35. The van der Waals surface area contributed by atoms with Crippen LogP contribution in [-0.2, 0) is 12.1 Å². The van der Waals surface area contributed by atoms with E-state index in [9.17, 15) is 22.0 Å². The van der Waals surface area contributed by atoms with Gasteiger partial charge in [0, 0.05) is 29.9 Å². The van der Waals surface area contributed by atoms with Crippen LogP contribution in [0, 0.1) is 0 Å². The molecule has 0 spiro atoms. The zero-order chi connectivity index (χ0) is 21.1. The number of hydrogen-bond acceptors (Lipinski definition) is 6. The van der Waals surface area contributed by atoms with Crippen molar-refractivity contribution in [2.45, 2.75) is 19.0 Å². The highest BCUT2D eigenvalue weighted by atomic mass is 35.5. The number of aromatic nitrogens is 2. The normalized spacial score (nSPS) is 12.8. The molecule has 4 N–H and O–H groups in total. The second kappa shape index (κ2) is 8.15. The fourth-order valence-corrected chi connectivity index (χ4v) is 2.30. The SMILES string of the molecule is CC(F)(F)c1cc(N(N)/C=C(\N)COc2nccc(C(F)(F)F)n2)ccc1Cl. The van der Waals surface area contributed by atoms with E-state index in [1.165, 1.54) is 12.1 Å². The van der Waals surface area contributed by atoms with Crippen LogP contribution in [0.2, 0.25) is 5.02 Å². The van der Waals surface area contributed by atoms with Crippen molar-refractivity contribution in [3.8, 4) is 6.01 Å². The van der Waals surface area contributed by atoms with E-state index in [2.05, 4.69) is 9.97 Å². The fraction of sp³-hybridized carbons (Fsp3) is 0.250. The third-order valence-corrected chi connectivity index (χ3v) is 3.65. The topological polar surface area (TPSA) is 90.3 Å². The number of hydrazine groups is 1. The first kappa shape index (κ1) is 21.6. The summed E-state index contributed by atoms with van der Waals surface area (Å²) in [5.74, 6) is 2.57. The first-order valence-electron chi connectivity index (χ1n) is 7.59. The van der Waals surface area contributed by atoms with Crippen LogP contribution in [0.4, 0.5) is 27.6 Å². The lowest BCUT2D eigenvalue weighted by Crippen LogP contribution is -2.27. The van der Waals surface area contributed by atoms with Gasteiger partial charge in [-0.05, 0) is 24.3 Å². The largest absolute Gasteiger partial charge is 0.457 e. The van der Waals surface area contributed by atoms with Gasteiger partial charge in [-0.3, -0.25) is 5.01 Å². The predicted octanol–water partition coefficient (Wildman–Crippen LogP) is 3.82. The smallest absolute Gasteiger partial charge is 0.433 e. The minimum Gasteiger partial charge on any atom is -0.457 e. The second-order valence-corrected chi connectivity index (χ2v) is 6.08. The Morgan fingerprint density at radius 3 is 2.54 bits per heavy atom. The van der Waals surface area contributed by atoms with Crippen LogP contribution in [0.5, 0.6) is 6.01 Å². The van der Waals surface area contributed by atoms with Gasteiger partial charge in [-0.25, -0.2) is 19.6 Å². The first-order valence-corrected chi connectivity index (χ1v) is 7.96. The van der Waals surface area contributed by atoms with Gasteiger partial charge >= 0.3 is 12.2 Å². The molecular formula is C16H15ClF5N5O. The van der Waals surface area contributed by atoms with E-state index in [0.717, 1.165) is 23.5 Å². The monoisotopic (exact) mass is 423 g/mol. The number of hydrogen-bond donors (Lipinski definition) is 2. The molecular weight excluding hydrogens is 409 g/mol. The number of benzene rings is 1. The predicted molar refractivity (Wildman–Crippen MR) is 92.5 cm³/mol. The van der Waals surface area contributed by atoms with Gasteiger partial charge in [0.15, 0.2) is 5.69 Å². The summed E-state index contributed by atoms with van der Waals surface area (Å²) < 4.78 is 69.9. The van der Waals surface area contributed by atoms with Gasteiger partial charge in [0.05, 0.1) is 11.4 Å². The molecule has 2 aromatic rings. The zero-order valence-electron chi connectivity index (χ0n) is 14.3. The van der Waals surface area contributed by atoms with Crippen LogP contribution in [0.15, 0.2) is 42.4 Å². The number of ether oxygens (including phenoxy) is 1. The van der Waals surface area contributed by atoms with Crippen molar-refractivity contribution in [2.75, 3.05) is 11.6 Å². The Kier molecular flexibility index (Phi) is 6.30. The van der Waals surface area contributed by atoms with E-state index in [1.54, 1.807) is 0 Å². The van der Waals surface area contributed by atoms with Gasteiger partial charge in [-0.15, -0.1) is 0 Å². The number of nitrogens with two attached hydrogens (primary N) is 2. The number of anilines is 1. The summed E-state index contributed by atoms with van der Waals surface area (Å²) in [5, 5.41) is 0.809. The van der Waals surface area contributed by atoms with Gasteiger partial charge in [0.25, 0.3) is 5.92 Å². The number of nitrogens with zero attached hydrogens (tertiary/aromatic N) is 3. The van der Waals surface area contributed by atoms with Gasteiger partial charge < -0.3 is 10.5 Å². The molecule has 0 fully saturated rings. The minimum absolute atomic E-state index is 0.0247. The van der Waals surface area contributed by atoms with Crippen molar-refractivity contribution in [3.05, 3.63) is 58.6 Å². The fourth-order valence-electron chi connectivity index (χ4n) is 2.02. The number of halogens is 6. The van der Waals surface area contributed by atoms with Crippen molar-refractivity contribution in [1.82, 2.24) is 9.97 Å². The molecule has 0 aliphatic rings. The minimum atomic E-state index is -4.65. The van der Waals surface area contributed by atoms with Crippen LogP contribution in [0.25, 0.3) is 0 Å². The maximum Gasteiger partial charge on any atom is 0.433 e. The Hall–Kier alpha value is -2.66. The lowest BCUT2D eigenvalue weighted by Gasteiger charge is -2.19. The van der Waals surface area contributed by atoms with E-state index in [1.807, 2.05) is 0 Å². The molecule has 0 saturated heterocycles. The lowest BCUT2D eigenvalue weighted by atomic mass is 10.1. The molecule has 12 heteroatoms. The molecule has 152 valence electrons. The van der Waals surface area contributed by atoms with Crippen molar-refractivity contribution in [2.24, 2.45) is 11.6 Å². The summed E-state index contributed by atoms with van der Waals surface area (Å²) >= 11 is 5.76. The van der Waals surface area contributed by atoms with E-state index < -0.39 is 29.4 Å². The van der Waals surface area contributed by atoms with E-state index in [-0.39, 0.29) is 23.0 Å². The Bertz CT molecular complexity index is 869. The van der Waals surface area contributed by atoms with Crippen LogP contribution < -0.4 is 21.3 Å². The molecule has 0 radical (unpaired) electrons. The van der Waals surface area contributed by atoms with E-state index in [0.29, 0.717) is 13.0 Å². The van der Waals surface area contributed by atoms with E-state index >= 15 is 0 Å².